The van der Waals surface area contributed by atoms with Gasteiger partial charge in [0.25, 0.3) is 0 Å². The molecule has 0 aromatic heterocycles. The van der Waals surface area contributed by atoms with Gasteiger partial charge in [0.2, 0.25) is 0 Å². The van der Waals surface area contributed by atoms with Crippen molar-refractivity contribution >= 4 is 0 Å². The number of rotatable bonds is 6. The third-order valence-electron chi connectivity index (χ3n) is 6.69. The van der Waals surface area contributed by atoms with Crippen LogP contribution >= 0.6 is 0 Å². The summed E-state index contributed by atoms with van der Waals surface area (Å²) >= 11 is 0. The lowest BCUT2D eigenvalue weighted by atomic mass is 9.72. The summed E-state index contributed by atoms with van der Waals surface area (Å²) in [6.45, 7) is 4.21. The maximum Gasteiger partial charge on any atom is 0.118 e. The molecule has 1 heterocycles. The van der Waals surface area contributed by atoms with E-state index in [0.717, 1.165) is 42.8 Å². The molecule has 0 radical (unpaired) electrons. The second-order valence-electron chi connectivity index (χ2n) is 8.26. The molecule has 0 bridgehead atoms. The zero-order chi connectivity index (χ0) is 21.0. The monoisotopic (exact) mass is 401 g/mol. The molecular weight excluding hydrogens is 370 g/mol. The van der Waals surface area contributed by atoms with Crippen molar-refractivity contribution in [2.24, 2.45) is 5.92 Å². The Balaban J connectivity index is 1.53. The molecular formula is C27H31NO2. The van der Waals surface area contributed by atoms with Crippen molar-refractivity contribution in [3.8, 4) is 5.75 Å². The first kappa shape index (κ1) is 20.6. The second kappa shape index (κ2) is 9.03. The molecule has 1 aliphatic rings. The lowest BCUT2D eigenvalue weighted by Crippen LogP contribution is -2.44. The number of likely N-dealkylation sites (tertiary alicyclic amines) is 1. The van der Waals surface area contributed by atoms with Gasteiger partial charge in [0.1, 0.15) is 11.4 Å². The normalized spacial score (nSPS) is 16.9. The highest BCUT2D eigenvalue weighted by Crippen LogP contribution is 2.42. The SMILES string of the molecule is COc1ccc(C(C)N2CCC(C(O)(c3ccccc3)c3ccccc3)CC2)cc1. The third kappa shape index (κ3) is 4.00. The first-order valence-electron chi connectivity index (χ1n) is 10.8. The predicted molar refractivity (Wildman–Crippen MR) is 122 cm³/mol. The molecule has 0 aliphatic carbocycles. The van der Waals surface area contributed by atoms with Crippen LogP contribution in [0.3, 0.4) is 0 Å². The van der Waals surface area contributed by atoms with Crippen molar-refractivity contribution in [1.82, 2.24) is 4.90 Å². The van der Waals surface area contributed by atoms with Crippen LogP contribution in [0.1, 0.15) is 42.5 Å². The summed E-state index contributed by atoms with van der Waals surface area (Å²) < 4.78 is 5.29. The van der Waals surface area contributed by atoms with Crippen molar-refractivity contribution in [2.45, 2.75) is 31.4 Å². The molecule has 0 saturated carbocycles. The van der Waals surface area contributed by atoms with E-state index in [2.05, 4.69) is 48.2 Å². The molecule has 1 saturated heterocycles. The molecule has 0 spiro atoms. The minimum absolute atomic E-state index is 0.182. The van der Waals surface area contributed by atoms with Crippen molar-refractivity contribution < 1.29 is 9.84 Å². The van der Waals surface area contributed by atoms with Crippen LogP contribution in [0.2, 0.25) is 0 Å². The summed E-state index contributed by atoms with van der Waals surface area (Å²) in [6.07, 6.45) is 1.92. The van der Waals surface area contributed by atoms with Gasteiger partial charge in [0.15, 0.2) is 0 Å². The van der Waals surface area contributed by atoms with E-state index in [4.69, 9.17) is 4.74 Å². The molecule has 1 unspecified atom stereocenters. The minimum Gasteiger partial charge on any atom is -0.497 e. The number of benzene rings is 3. The molecule has 3 aromatic rings. The molecule has 3 aromatic carbocycles. The van der Waals surface area contributed by atoms with Gasteiger partial charge >= 0.3 is 0 Å². The van der Waals surface area contributed by atoms with Crippen molar-refractivity contribution in [3.63, 3.8) is 0 Å². The summed E-state index contributed by atoms with van der Waals surface area (Å²) in [6, 6.07) is 29.0. The van der Waals surface area contributed by atoms with Crippen LogP contribution in [0.5, 0.6) is 5.75 Å². The van der Waals surface area contributed by atoms with Gasteiger partial charge < -0.3 is 9.84 Å². The molecule has 156 valence electrons. The van der Waals surface area contributed by atoms with Gasteiger partial charge in [-0.1, -0.05) is 72.8 Å². The summed E-state index contributed by atoms with van der Waals surface area (Å²) in [4.78, 5) is 2.52. The number of nitrogens with zero attached hydrogens (tertiary/aromatic N) is 1. The van der Waals surface area contributed by atoms with Crippen LogP contribution in [-0.2, 0) is 5.60 Å². The zero-order valence-corrected chi connectivity index (χ0v) is 17.9. The number of hydrogen-bond acceptors (Lipinski definition) is 3. The lowest BCUT2D eigenvalue weighted by Gasteiger charge is -2.44. The van der Waals surface area contributed by atoms with Gasteiger partial charge in [0, 0.05) is 6.04 Å². The van der Waals surface area contributed by atoms with Gasteiger partial charge in [-0.15, -0.1) is 0 Å². The van der Waals surface area contributed by atoms with E-state index < -0.39 is 5.60 Å². The van der Waals surface area contributed by atoms with Crippen molar-refractivity contribution in [2.75, 3.05) is 20.2 Å². The molecule has 1 fully saturated rings. The Morgan fingerprint density at radius 3 is 1.80 bits per heavy atom. The average molecular weight is 402 g/mol. The maximum atomic E-state index is 12.0. The Hall–Kier alpha value is -2.62. The fourth-order valence-corrected chi connectivity index (χ4v) is 4.82. The molecule has 1 aliphatic heterocycles. The first-order valence-corrected chi connectivity index (χ1v) is 10.8. The molecule has 0 amide bonds. The molecule has 3 nitrogen and oxygen atoms in total. The second-order valence-corrected chi connectivity index (χ2v) is 8.26. The Kier molecular flexibility index (Phi) is 6.21. The molecule has 3 heteroatoms. The van der Waals surface area contributed by atoms with E-state index in [1.807, 2.05) is 48.5 Å². The highest BCUT2D eigenvalue weighted by Gasteiger charge is 2.41. The lowest BCUT2D eigenvalue weighted by molar-refractivity contribution is -0.0195. The van der Waals surface area contributed by atoms with Crippen LogP contribution in [-0.4, -0.2) is 30.2 Å². The summed E-state index contributed by atoms with van der Waals surface area (Å²) in [5, 5.41) is 12.0. The number of methoxy groups -OCH3 is 1. The van der Waals surface area contributed by atoms with Crippen LogP contribution in [0.25, 0.3) is 0 Å². The van der Waals surface area contributed by atoms with E-state index >= 15 is 0 Å². The largest absolute Gasteiger partial charge is 0.497 e. The standard InChI is InChI=1S/C27H31NO2/c1-21(22-13-15-26(30-2)16-14-22)28-19-17-25(18-20-28)27(29,23-9-5-3-6-10-23)24-11-7-4-8-12-24/h3-16,21,25,29H,17-20H2,1-2H3. The molecule has 30 heavy (non-hydrogen) atoms. The maximum absolute atomic E-state index is 12.0. The van der Waals surface area contributed by atoms with Crippen LogP contribution in [0.4, 0.5) is 0 Å². The first-order chi connectivity index (χ1) is 14.6. The van der Waals surface area contributed by atoms with Gasteiger partial charge in [-0.2, -0.15) is 0 Å². The summed E-state index contributed by atoms with van der Waals surface area (Å²) in [5.74, 6) is 1.07. The van der Waals surface area contributed by atoms with Gasteiger partial charge in [-0.3, -0.25) is 4.90 Å². The Morgan fingerprint density at radius 2 is 1.33 bits per heavy atom. The molecule has 1 atom stereocenters. The van der Waals surface area contributed by atoms with Crippen LogP contribution in [0, 0.1) is 5.92 Å². The van der Waals surface area contributed by atoms with E-state index in [9.17, 15) is 5.11 Å². The Morgan fingerprint density at radius 1 is 0.833 bits per heavy atom. The van der Waals surface area contributed by atoms with E-state index in [-0.39, 0.29) is 5.92 Å². The number of hydrogen-bond donors (Lipinski definition) is 1. The number of piperidine rings is 1. The number of aliphatic hydroxyl groups is 1. The fourth-order valence-electron chi connectivity index (χ4n) is 4.82. The summed E-state index contributed by atoms with van der Waals surface area (Å²) in [7, 11) is 1.70. The van der Waals surface area contributed by atoms with Crippen molar-refractivity contribution in [3.05, 3.63) is 102 Å². The van der Waals surface area contributed by atoms with E-state index in [1.165, 1.54) is 5.56 Å². The van der Waals surface area contributed by atoms with Gasteiger partial charge in [-0.05, 0) is 67.6 Å². The quantitative estimate of drug-likeness (QED) is 0.600. The predicted octanol–water partition coefficient (Wildman–Crippen LogP) is 5.40. The Bertz CT molecular complexity index is 877. The minimum atomic E-state index is -0.960. The molecule has 1 N–H and O–H groups in total. The van der Waals surface area contributed by atoms with E-state index in [0.29, 0.717) is 6.04 Å². The van der Waals surface area contributed by atoms with Crippen LogP contribution in [0.15, 0.2) is 84.9 Å². The fraction of sp³-hybridized carbons (Fsp3) is 0.333. The van der Waals surface area contributed by atoms with Crippen molar-refractivity contribution in [1.29, 1.82) is 0 Å². The molecule has 4 rings (SSSR count). The summed E-state index contributed by atoms with van der Waals surface area (Å²) in [5.41, 5.74) is 2.31. The van der Waals surface area contributed by atoms with Gasteiger partial charge in [-0.25, -0.2) is 0 Å². The topological polar surface area (TPSA) is 32.7 Å². The highest BCUT2D eigenvalue weighted by atomic mass is 16.5. The average Bonchev–Trinajstić information content (AvgIpc) is 2.84. The number of ether oxygens (including phenoxy) is 1. The Labute approximate surface area is 179 Å². The smallest absolute Gasteiger partial charge is 0.118 e. The zero-order valence-electron chi connectivity index (χ0n) is 17.9. The van der Waals surface area contributed by atoms with Gasteiger partial charge in [0.05, 0.1) is 7.11 Å². The van der Waals surface area contributed by atoms with Crippen LogP contribution < -0.4 is 4.74 Å². The van der Waals surface area contributed by atoms with E-state index in [1.54, 1.807) is 7.11 Å². The highest BCUT2D eigenvalue weighted by molar-refractivity contribution is 5.37. The third-order valence-corrected chi connectivity index (χ3v) is 6.69.